The second kappa shape index (κ2) is 8.39. The summed E-state index contributed by atoms with van der Waals surface area (Å²) in [5.74, 6) is 1.19. The SMILES string of the molecule is CC(C)C(NC(=O)CSc1nnc(-c2ccco2)n1C)c1ccc(F)cc1. The number of amides is 1. The fraction of sp³-hybridized carbons (Fsp3) is 0.316. The first-order valence-corrected chi connectivity index (χ1v) is 9.55. The van der Waals surface area contributed by atoms with Crippen LogP contribution >= 0.6 is 11.8 Å². The average molecular weight is 388 g/mol. The van der Waals surface area contributed by atoms with Gasteiger partial charge in [-0.2, -0.15) is 0 Å². The molecule has 0 fully saturated rings. The summed E-state index contributed by atoms with van der Waals surface area (Å²) in [6.45, 7) is 4.03. The maximum absolute atomic E-state index is 13.2. The summed E-state index contributed by atoms with van der Waals surface area (Å²) in [7, 11) is 1.83. The highest BCUT2D eigenvalue weighted by Gasteiger charge is 2.20. The van der Waals surface area contributed by atoms with Crippen LogP contribution in [0.2, 0.25) is 0 Å². The molecule has 1 N–H and O–H groups in total. The van der Waals surface area contributed by atoms with Crippen LogP contribution in [0.4, 0.5) is 4.39 Å². The summed E-state index contributed by atoms with van der Waals surface area (Å²) >= 11 is 1.30. The third kappa shape index (κ3) is 4.57. The third-order valence-electron chi connectivity index (χ3n) is 4.12. The standard InChI is InChI=1S/C19H21FN4O2S/c1-12(2)17(13-6-8-14(20)9-7-13)21-16(25)11-27-19-23-22-18(24(19)3)15-5-4-10-26-15/h4-10,12,17H,11H2,1-3H3,(H,21,25). The minimum absolute atomic E-state index is 0.120. The first kappa shape index (κ1) is 19.2. The number of aromatic nitrogens is 3. The molecule has 1 amide bonds. The minimum atomic E-state index is -0.294. The van der Waals surface area contributed by atoms with E-state index in [4.69, 9.17) is 4.42 Å². The maximum atomic E-state index is 13.2. The molecule has 3 aromatic rings. The van der Waals surface area contributed by atoms with Crippen LogP contribution in [-0.2, 0) is 11.8 Å². The zero-order chi connectivity index (χ0) is 19.4. The summed E-state index contributed by atoms with van der Waals surface area (Å²) < 4.78 is 20.3. The van der Waals surface area contributed by atoms with Gasteiger partial charge in [-0.1, -0.05) is 37.7 Å². The zero-order valence-corrected chi connectivity index (χ0v) is 16.2. The Balaban J connectivity index is 1.62. The number of furan rings is 1. The van der Waals surface area contributed by atoms with Crippen LogP contribution in [0.25, 0.3) is 11.6 Å². The molecule has 6 nitrogen and oxygen atoms in total. The normalized spacial score (nSPS) is 12.3. The quantitative estimate of drug-likeness (QED) is 0.623. The molecule has 0 spiro atoms. The van der Waals surface area contributed by atoms with Crippen LogP contribution in [-0.4, -0.2) is 26.4 Å². The molecular formula is C19H21FN4O2S. The lowest BCUT2D eigenvalue weighted by atomic mass is 9.96. The van der Waals surface area contributed by atoms with Gasteiger partial charge >= 0.3 is 0 Å². The van der Waals surface area contributed by atoms with E-state index in [0.29, 0.717) is 16.7 Å². The van der Waals surface area contributed by atoms with Gasteiger partial charge in [-0.3, -0.25) is 4.79 Å². The van der Waals surface area contributed by atoms with Crippen LogP contribution in [0, 0.1) is 11.7 Å². The van der Waals surface area contributed by atoms with Crippen molar-refractivity contribution in [3.05, 3.63) is 54.0 Å². The smallest absolute Gasteiger partial charge is 0.230 e. The van der Waals surface area contributed by atoms with Crippen molar-refractivity contribution in [2.24, 2.45) is 13.0 Å². The second-order valence-corrected chi connectivity index (χ2v) is 7.41. The number of nitrogens with one attached hydrogen (secondary N) is 1. The highest BCUT2D eigenvalue weighted by atomic mass is 32.2. The van der Waals surface area contributed by atoms with E-state index in [2.05, 4.69) is 15.5 Å². The monoisotopic (exact) mass is 388 g/mol. The predicted octanol–water partition coefficient (Wildman–Crippen LogP) is 3.82. The predicted molar refractivity (Wildman–Crippen MR) is 102 cm³/mol. The van der Waals surface area contributed by atoms with Gasteiger partial charge in [0.15, 0.2) is 16.7 Å². The van der Waals surface area contributed by atoms with Gasteiger partial charge in [-0.05, 0) is 35.7 Å². The Labute approximate surface area is 161 Å². The van der Waals surface area contributed by atoms with Gasteiger partial charge in [0.2, 0.25) is 5.91 Å². The van der Waals surface area contributed by atoms with E-state index in [1.54, 1.807) is 35.1 Å². The van der Waals surface area contributed by atoms with Gasteiger partial charge < -0.3 is 14.3 Å². The summed E-state index contributed by atoms with van der Waals surface area (Å²) in [5, 5.41) is 11.9. The fourth-order valence-electron chi connectivity index (χ4n) is 2.71. The molecule has 0 bridgehead atoms. The van der Waals surface area contributed by atoms with Crippen molar-refractivity contribution in [2.75, 3.05) is 5.75 Å². The number of carbonyl (C=O) groups excluding carboxylic acids is 1. The molecule has 2 heterocycles. The highest BCUT2D eigenvalue weighted by Crippen LogP contribution is 2.24. The molecule has 1 aromatic carbocycles. The Morgan fingerprint density at radius 1 is 1.26 bits per heavy atom. The topological polar surface area (TPSA) is 73.0 Å². The van der Waals surface area contributed by atoms with Gasteiger partial charge in [0.05, 0.1) is 18.1 Å². The van der Waals surface area contributed by atoms with Crippen LogP contribution in [0.5, 0.6) is 0 Å². The van der Waals surface area contributed by atoms with Crippen LogP contribution in [0.1, 0.15) is 25.5 Å². The first-order valence-electron chi connectivity index (χ1n) is 8.56. The Morgan fingerprint density at radius 3 is 2.63 bits per heavy atom. The molecule has 0 aliphatic carbocycles. The van der Waals surface area contributed by atoms with Crippen molar-refractivity contribution < 1.29 is 13.6 Å². The fourth-order valence-corrected chi connectivity index (χ4v) is 3.43. The summed E-state index contributed by atoms with van der Waals surface area (Å²) in [6, 6.07) is 9.62. The van der Waals surface area contributed by atoms with Crippen molar-refractivity contribution in [1.29, 1.82) is 0 Å². The number of hydrogen-bond acceptors (Lipinski definition) is 5. The van der Waals surface area contributed by atoms with Crippen molar-refractivity contribution in [3.63, 3.8) is 0 Å². The maximum Gasteiger partial charge on any atom is 0.230 e. The van der Waals surface area contributed by atoms with Gasteiger partial charge in [0.1, 0.15) is 5.82 Å². The number of thioether (sulfide) groups is 1. The van der Waals surface area contributed by atoms with E-state index in [1.807, 2.05) is 20.9 Å². The number of carbonyl (C=O) groups is 1. The lowest BCUT2D eigenvalue weighted by molar-refractivity contribution is -0.119. The van der Waals surface area contributed by atoms with E-state index in [0.717, 1.165) is 5.56 Å². The Bertz CT molecular complexity index is 891. The number of halogens is 1. The van der Waals surface area contributed by atoms with Crippen LogP contribution in [0.3, 0.4) is 0 Å². The molecule has 3 rings (SSSR count). The third-order valence-corrected chi connectivity index (χ3v) is 5.14. The molecule has 0 aliphatic heterocycles. The van der Waals surface area contributed by atoms with Gasteiger partial charge in [-0.15, -0.1) is 10.2 Å². The first-order chi connectivity index (χ1) is 13.0. The number of rotatable bonds is 7. The Morgan fingerprint density at radius 2 is 2.00 bits per heavy atom. The van der Waals surface area contributed by atoms with E-state index in [1.165, 1.54) is 23.9 Å². The van der Waals surface area contributed by atoms with Crippen LogP contribution in [0.15, 0.2) is 52.2 Å². The Hall–Kier alpha value is -2.61. The summed E-state index contributed by atoms with van der Waals surface area (Å²) in [5.41, 5.74) is 0.878. The van der Waals surface area contributed by atoms with Crippen molar-refractivity contribution in [3.8, 4) is 11.6 Å². The second-order valence-electron chi connectivity index (χ2n) is 6.47. The number of benzene rings is 1. The lowest BCUT2D eigenvalue weighted by Gasteiger charge is -2.23. The minimum Gasteiger partial charge on any atom is -0.461 e. The van der Waals surface area contributed by atoms with Crippen LogP contribution < -0.4 is 5.32 Å². The average Bonchev–Trinajstić information content (AvgIpc) is 3.28. The van der Waals surface area contributed by atoms with Crippen molar-refractivity contribution >= 4 is 17.7 Å². The van der Waals surface area contributed by atoms with E-state index in [9.17, 15) is 9.18 Å². The molecule has 2 aromatic heterocycles. The molecular weight excluding hydrogens is 367 g/mol. The van der Waals surface area contributed by atoms with Gasteiger partial charge in [0, 0.05) is 7.05 Å². The van der Waals surface area contributed by atoms with Gasteiger partial charge in [-0.25, -0.2) is 4.39 Å². The molecule has 0 saturated heterocycles. The zero-order valence-electron chi connectivity index (χ0n) is 15.3. The molecule has 1 unspecified atom stereocenters. The molecule has 142 valence electrons. The number of nitrogens with zero attached hydrogens (tertiary/aromatic N) is 3. The molecule has 0 radical (unpaired) electrons. The molecule has 0 saturated carbocycles. The number of hydrogen-bond donors (Lipinski definition) is 1. The van der Waals surface area contributed by atoms with Crippen molar-refractivity contribution in [2.45, 2.75) is 25.0 Å². The van der Waals surface area contributed by atoms with Crippen molar-refractivity contribution in [1.82, 2.24) is 20.1 Å². The van der Waals surface area contributed by atoms with Gasteiger partial charge in [0.25, 0.3) is 0 Å². The largest absolute Gasteiger partial charge is 0.461 e. The molecule has 27 heavy (non-hydrogen) atoms. The molecule has 8 heteroatoms. The van der Waals surface area contributed by atoms with E-state index >= 15 is 0 Å². The Kier molecular flexibility index (Phi) is 5.95. The summed E-state index contributed by atoms with van der Waals surface area (Å²) in [6.07, 6.45) is 1.58. The molecule has 1 atom stereocenters. The van der Waals surface area contributed by atoms with E-state index < -0.39 is 0 Å². The summed E-state index contributed by atoms with van der Waals surface area (Å²) in [4.78, 5) is 12.4. The van der Waals surface area contributed by atoms with E-state index in [-0.39, 0.29) is 29.4 Å². The molecule has 0 aliphatic rings. The highest BCUT2D eigenvalue weighted by molar-refractivity contribution is 7.99. The lowest BCUT2D eigenvalue weighted by Crippen LogP contribution is -2.33.